The molecule has 0 aliphatic rings. The van der Waals surface area contributed by atoms with Crippen molar-refractivity contribution in [2.24, 2.45) is 5.10 Å². The number of anilines is 1. The van der Waals surface area contributed by atoms with Crippen LogP contribution in [0.5, 0.6) is 17.2 Å². The average molecular weight is 576 g/mol. The van der Waals surface area contributed by atoms with Crippen LogP contribution in [0.15, 0.2) is 75.1 Å². The summed E-state index contributed by atoms with van der Waals surface area (Å²) in [5.41, 5.74) is 4.33. The van der Waals surface area contributed by atoms with E-state index in [0.717, 1.165) is 9.87 Å². The molecule has 0 unspecified atom stereocenters. The molecule has 0 saturated heterocycles. The lowest BCUT2D eigenvalue weighted by molar-refractivity contribution is -0.119. The van der Waals surface area contributed by atoms with Crippen LogP contribution in [0.4, 0.5) is 5.69 Å². The molecule has 0 aliphatic heterocycles. The number of rotatable bonds is 10. The molecule has 0 bridgehead atoms. The summed E-state index contributed by atoms with van der Waals surface area (Å²) in [6.07, 6.45) is 1.42. The Morgan fingerprint density at radius 2 is 1.58 bits per heavy atom. The number of nitrogens with one attached hydrogen (secondary N) is 1. The number of nitrogens with zero attached hydrogens (tertiary/aromatic N) is 2. The van der Waals surface area contributed by atoms with Gasteiger partial charge in [-0.3, -0.25) is 9.10 Å². The van der Waals surface area contributed by atoms with Gasteiger partial charge in [-0.25, -0.2) is 13.8 Å². The van der Waals surface area contributed by atoms with E-state index in [-0.39, 0.29) is 4.90 Å². The fraction of sp³-hybridized carbons (Fsp3) is 0.200. The minimum absolute atomic E-state index is 0.00243. The van der Waals surface area contributed by atoms with Crippen LogP contribution in [-0.4, -0.2) is 48.4 Å². The van der Waals surface area contributed by atoms with Crippen molar-refractivity contribution < 1.29 is 27.4 Å². The normalized spacial score (nSPS) is 11.2. The maximum atomic E-state index is 13.6. The predicted octanol–water partition coefficient (Wildman–Crippen LogP) is 4.13. The smallest absolute Gasteiger partial charge is 0.264 e. The highest BCUT2D eigenvalue weighted by atomic mass is 79.9. The second-order valence-corrected chi connectivity index (χ2v) is 10.3. The second-order valence-electron chi connectivity index (χ2n) is 7.55. The van der Waals surface area contributed by atoms with E-state index in [1.54, 1.807) is 42.5 Å². The maximum Gasteiger partial charge on any atom is 0.264 e. The van der Waals surface area contributed by atoms with Crippen LogP contribution in [0.25, 0.3) is 0 Å². The van der Waals surface area contributed by atoms with Gasteiger partial charge in [0.1, 0.15) is 12.3 Å². The average Bonchev–Trinajstić information content (AvgIpc) is 2.87. The van der Waals surface area contributed by atoms with Gasteiger partial charge in [-0.15, -0.1) is 0 Å². The van der Waals surface area contributed by atoms with Gasteiger partial charge in [0.25, 0.3) is 15.9 Å². The van der Waals surface area contributed by atoms with E-state index < -0.39 is 22.5 Å². The maximum absolute atomic E-state index is 13.6. The van der Waals surface area contributed by atoms with Crippen molar-refractivity contribution in [1.29, 1.82) is 0 Å². The lowest BCUT2D eigenvalue weighted by Crippen LogP contribution is -2.39. The van der Waals surface area contributed by atoms with Gasteiger partial charge < -0.3 is 14.2 Å². The number of hydrogen-bond donors (Lipinski definition) is 1. The topological polar surface area (TPSA) is 107 Å². The zero-order chi connectivity index (χ0) is 26.3. The van der Waals surface area contributed by atoms with E-state index in [2.05, 4.69) is 26.5 Å². The fourth-order valence-corrected chi connectivity index (χ4v) is 5.38. The molecule has 190 valence electrons. The molecule has 3 aromatic carbocycles. The summed E-state index contributed by atoms with van der Waals surface area (Å²) >= 11 is 3.32. The van der Waals surface area contributed by atoms with Crippen LogP contribution in [0.3, 0.4) is 0 Å². The zero-order valence-corrected chi connectivity index (χ0v) is 22.6. The van der Waals surface area contributed by atoms with E-state index in [1.807, 2.05) is 6.92 Å². The lowest BCUT2D eigenvalue weighted by Gasteiger charge is -2.24. The molecule has 11 heteroatoms. The number of carbonyl (C=O) groups is 1. The Morgan fingerprint density at radius 3 is 2.19 bits per heavy atom. The Bertz CT molecular complexity index is 1360. The molecule has 1 amide bonds. The molecule has 0 radical (unpaired) electrons. The molecular weight excluding hydrogens is 550 g/mol. The molecule has 0 aromatic heterocycles. The molecule has 0 heterocycles. The van der Waals surface area contributed by atoms with Crippen molar-refractivity contribution >= 4 is 43.8 Å². The number of aryl methyl sites for hydroxylation is 1. The molecule has 3 aromatic rings. The monoisotopic (exact) mass is 575 g/mol. The first-order chi connectivity index (χ1) is 17.2. The fourth-order valence-electron chi connectivity index (χ4n) is 3.24. The number of carbonyl (C=O) groups excluding carboxylic acids is 1. The second kappa shape index (κ2) is 11.9. The first kappa shape index (κ1) is 27.0. The molecule has 9 nitrogen and oxygen atoms in total. The number of hydrazone groups is 1. The van der Waals surface area contributed by atoms with E-state index in [0.29, 0.717) is 33.0 Å². The Kier molecular flexibility index (Phi) is 8.94. The number of ether oxygens (including phenoxy) is 3. The minimum atomic E-state index is -4.10. The Labute approximate surface area is 218 Å². The summed E-state index contributed by atoms with van der Waals surface area (Å²) in [4.78, 5) is 12.7. The standard InChI is InChI=1S/C25H26BrN3O6S/c1-17-5-8-19(9-6-17)29(36(31,32)20-10-12-22(33-2)21(26)14-20)16-25(30)28-27-15-18-7-11-23(34-3)24(13-18)35-4/h5-15H,16H2,1-4H3,(H,28,30)/b27-15-. The van der Waals surface area contributed by atoms with Gasteiger partial charge in [0.05, 0.1) is 42.6 Å². The molecular formula is C25H26BrN3O6S. The van der Waals surface area contributed by atoms with E-state index >= 15 is 0 Å². The number of methoxy groups -OCH3 is 3. The van der Waals surface area contributed by atoms with Gasteiger partial charge in [-0.2, -0.15) is 5.10 Å². The van der Waals surface area contributed by atoms with Crippen LogP contribution in [0.1, 0.15) is 11.1 Å². The van der Waals surface area contributed by atoms with Crippen molar-refractivity contribution in [3.63, 3.8) is 0 Å². The van der Waals surface area contributed by atoms with Crippen LogP contribution < -0.4 is 23.9 Å². The zero-order valence-electron chi connectivity index (χ0n) is 20.2. The van der Waals surface area contributed by atoms with Crippen LogP contribution in [0, 0.1) is 6.92 Å². The SMILES string of the molecule is COc1ccc(S(=O)(=O)N(CC(=O)N/N=C\c2ccc(OC)c(OC)c2)c2ccc(C)cc2)cc1Br. The number of benzene rings is 3. The van der Waals surface area contributed by atoms with Crippen LogP contribution in [-0.2, 0) is 14.8 Å². The third kappa shape index (κ3) is 6.35. The highest BCUT2D eigenvalue weighted by Gasteiger charge is 2.28. The third-order valence-electron chi connectivity index (χ3n) is 5.13. The molecule has 0 atom stereocenters. The van der Waals surface area contributed by atoms with E-state index in [9.17, 15) is 13.2 Å². The van der Waals surface area contributed by atoms with Gasteiger partial charge >= 0.3 is 0 Å². The molecule has 0 saturated carbocycles. The minimum Gasteiger partial charge on any atom is -0.496 e. The van der Waals surface area contributed by atoms with Crippen molar-refractivity contribution in [2.45, 2.75) is 11.8 Å². The Balaban J connectivity index is 1.84. The molecule has 0 fully saturated rings. The van der Waals surface area contributed by atoms with Gasteiger partial charge in [-0.1, -0.05) is 17.7 Å². The molecule has 0 spiro atoms. The summed E-state index contributed by atoms with van der Waals surface area (Å²) in [7, 11) is 0.435. The highest BCUT2D eigenvalue weighted by Crippen LogP contribution is 2.31. The summed E-state index contributed by atoms with van der Waals surface area (Å²) in [5, 5.41) is 3.96. The largest absolute Gasteiger partial charge is 0.496 e. The summed E-state index contributed by atoms with van der Waals surface area (Å²) in [6, 6.07) is 16.4. The first-order valence-electron chi connectivity index (χ1n) is 10.7. The van der Waals surface area contributed by atoms with Crippen molar-refractivity contribution in [3.8, 4) is 17.2 Å². The van der Waals surface area contributed by atoms with Gasteiger partial charge in [-0.05, 0) is 76.9 Å². The third-order valence-corrected chi connectivity index (χ3v) is 7.52. The van der Waals surface area contributed by atoms with Gasteiger partial charge in [0.15, 0.2) is 11.5 Å². The van der Waals surface area contributed by atoms with Crippen LogP contribution in [0.2, 0.25) is 0 Å². The summed E-state index contributed by atoms with van der Waals surface area (Å²) in [6.45, 7) is 1.40. The van der Waals surface area contributed by atoms with Crippen LogP contribution >= 0.6 is 15.9 Å². The Hall–Kier alpha value is -3.57. The number of halogens is 1. The summed E-state index contributed by atoms with van der Waals surface area (Å²) in [5.74, 6) is 0.930. The summed E-state index contributed by atoms with van der Waals surface area (Å²) < 4.78 is 44.3. The van der Waals surface area contributed by atoms with Gasteiger partial charge in [0.2, 0.25) is 0 Å². The van der Waals surface area contributed by atoms with Crippen molar-refractivity contribution in [1.82, 2.24) is 5.43 Å². The van der Waals surface area contributed by atoms with E-state index in [1.165, 1.54) is 45.7 Å². The highest BCUT2D eigenvalue weighted by molar-refractivity contribution is 9.10. The van der Waals surface area contributed by atoms with Gasteiger partial charge in [0, 0.05) is 0 Å². The number of hydrogen-bond acceptors (Lipinski definition) is 7. The Morgan fingerprint density at radius 1 is 0.944 bits per heavy atom. The molecule has 36 heavy (non-hydrogen) atoms. The predicted molar refractivity (Wildman–Crippen MR) is 142 cm³/mol. The number of amides is 1. The first-order valence-corrected chi connectivity index (χ1v) is 12.9. The quantitative estimate of drug-likeness (QED) is 0.288. The number of sulfonamides is 1. The van der Waals surface area contributed by atoms with E-state index in [4.69, 9.17) is 14.2 Å². The van der Waals surface area contributed by atoms with Crippen molar-refractivity contribution in [2.75, 3.05) is 32.2 Å². The van der Waals surface area contributed by atoms with Crippen molar-refractivity contribution in [3.05, 3.63) is 76.3 Å². The molecule has 3 rings (SSSR count). The molecule has 0 aliphatic carbocycles. The molecule has 1 N–H and O–H groups in total. The lowest BCUT2D eigenvalue weighted by atomic mass is 10.2.